The molecule has 1 unspecified atom stereocenters. The zero-order valence-corrected chi connectivity index (χ0v) is 11.5. The number of nitrogens with two attached hydrogens (primary N) is 1. The molecule has 1 atom stereocenters. The first-order chi connectivity index (χ1) is 9.41. The second-order valence-corrected chi connectivity index (χ2v) is 4.33. The van der Waals surface area contributed by atoms with Crippen LogP contribution in [0.15, 0.2) is 18.2 Å². The maximum Gasteiger partial charge on any atom is 0.389 e. The van der Waals surface area contributed by atoms with Crippen molar-refractivity contribution in [3.8, 4) is 11.5 Å². The third-order valence-corrected chi connectivity index (χ3v) is 2.97. The second-order valence-electron chi connectivity index (χ2n) is 4.33. The van der Waals surface area contributed by atoms with E-state index in [-0.39, 0.29) is 12.8 Å². The second kappa shape index (κ2) is 7.35. The van der Waals surface area contributed by atoms with Crippen LogP contribution in [0.5, 0.6) is 11.5 Å². The smallest absolute Gasteiger partial charge is 0.389 e. The van der Waals surface area contributed by atoms with Gasteiger partial charge in [0.15, 0.2) is 0 Å². The van der Waals surface area contributed by atoms with E-state index in [1.807, 2.05) is 0 Å². The first kappa shape index (κ1) is 16.6. The van der Waals surface area contributed by atoms with E-state index in [4.69, 9.17) is 15.3 Å². The van der Waals surface area contributed by atoms with Gasteiger partial charge in [-0.3, -0.25) is 11.3 Å². The monoisotopic (exact) mass is 292 g/mol. The van der Waals surface area contributed by atoms with Crippen molar-refractivity contribution in [2.75, 3.05) is 14.2 Å². The highest BCUT2D eigenvalue weighted by Gasteiger charge is 2.27. The molecular weight excluding hydrogens is 273 g/mol. The Morgan fingerprint density at radius 1 is 1.25 bits per heavy atom. The lowest BCUT2D eigenvalue weighted by atomic mass is 10.00. The van der Waals surface area contributed by atoms with Crippen LogP contribution in [0.25, 0.3) is 0 Å². The van der Waals surface area contributed by atoms with Crippen LogP contribution in [0.1, 0.15) is 30.9 Å². The fourth-order valence-corrected chi connectivity index (χ4v) is 1.94. The maximum absolute atomic E-state index is 12.2. The van der Waals surface area contributed by atoms with Crippen LogP contribution in [0.3, 0.4) is 0 Å². The van der Waals surface area contributed by atoms with Crippen molar-refractivity contribution in [1.82, 2.24) is 5.43 Å². The molecule has 4 nitrogen and oxygen atoms in total. The lowest BCUT2D eigenvalue weighted by Crippen LogP contribution is -2.28. The Balaban J connectivity index is 2.78. The average molecular weight is 292 g/mol. The molecule has 0 saturated carbocycles. The molecule has 0 aliphatic carbocycles. The summed E-state index contributed by atoms with van der Waals surface area (Å²) in [6.45, 7) is 0. The number of ether oxygens (including phenoxy) is 2. The fraction of sp³-hybridized carbons (Fsp3) is 0.538. The van der Waals surface area contributed by atoms with Crippen LogP contribution in [0, 0.1) is 0 Å². The summed E-state index contributed by atoms with van der Waals surface area (Å²) in [6, 6.07) is 4.71. The van der Waals surface area contributed by atoms with Gasteiger partial charge in [0, 0.05) is 24.1 Å². The number of hydrogen-bond acceptors (Lipinski definition) is 4. The molecule has 1 aromatic rings. The van der Waals surface area contributed by atoms with Crippen molar-refractivity contribution < 1.29 is 22.6 Å². The molecule has 0 aliphatic heterocycles. The van der Waals surface area contributed by atoms with E-state index in [9.17, 15) is 13.2 Å². The quantitative estimate of drug-likeness (QED) is 0.599. The van der Waals surface area contributed by atoms with Crippen molar-refractivity contribution in [1.29, 1.82) is 0 Å². The normalized spacial score (nSPS) is 13.1. The standard InChI is InChI=1S/C13H19F3N2O2/c1-19-9-5-6-10(12(8-9)20-2)11(18-17)4-3-7-13(14,15)16/h5-6,8,11,18H,3-4,7,17H2,1-2H3. The Morgan fingerprint density at radius 2 is 1.95 bits per heavy atom. The van der Waals surface area contributed by atoms with Crippen LogP contribution in [-0.2, 0) is 0 Å². The van der Waals surface area contributed by atoms with Crippen LogP contribution >= 0.6 is 0 Å². The molecule has 7 heteroatoms. The van der Waals surface area contributed by atoms with Gasteiger partial charge >= 0.3 is 6.18 Å². The molecule has 3 N–H and O–H groups in total. The average Bonchev–Trinajstić information content (AvgIpc) is 2.42. The van der Waals surface area contributed by atoms with Gasteiger partial charge in [0.25, 0.3) is 0 Å². The Morgan fingerprint density at radius 3 is 2.45 bits per heavy atom. The Hall–Kier alpha value is -1.47. The number of halogens is 3. The van der Waals surface area contributed by atoms with Gasteiger partial charge in [0.05, 0.1) is 14.2 Å². The maximum atomic E-state index is 12.2. The van der Waals surface area contributed by atoms with Crippen molar-refractivity contribution in [2.24, 2.45) is 5.84 Å². The van der Waals surface area contributed by atoms with Crippen LogP contribution in [-0.4, -0.2) is 20.4 Å². The van der Waals surface area contributed by atoms with E-state index in [0.29, 0.717) is 17.1 Å². The number of rotatable bonds is 7. The Labute approximate surface area is 116 Å². The predicted molar refractivity (Wildman–Crippen MR) is 69.5 cm³/mol. The zero-order chi connectivity index (χ0) is 15.2. The van der Waals surface area contributed by atoms with Gasteiger partial charge in [-0.15, -0.1) is 0 Å². The van der Waals surface area contributed by atoms with Gasteiger partial charge in [-0.05, 0) is 18.9 Å². The molecule has 0 spiro atoms. The summed E-state index contributed by atoms with van der Waals surface area (Å²) in [7, 11) is 3.01. The molecule has 0 saturated heterocycles. The van der Waals surface area contributed by atoms with Gasteiger partial charge in [0.1, 0.15) is 11.5 Å². The molecule has 0 bridgehead atoms. The van der Waals surface area contributed by atoms with Crippen molar-refractivity contribution in [3.05, 3.63) is 23.8 Å². The molecule has 20 heavy (non-hydrogen) atoms. The molecule has 0 heterocycles. The van der Waals surface area contributed by atoms with E-state index in [2.05, 4.69) is 5.43 Å². The highest BCUT2D eigenvalue weighted by Crippen LogP contribution is 2.32. The molecule has 0 radical (unpaired) electrons. The van der Waals surface area contributed by atoms with Crippen LogP contribution in [0.2, 0.25) is 0 Å². The van der Waals surface area contributed by atoms with Gasteiger partial charge < -0.3 is 9.47 Å². The van der Waals surface area contributed by atoms with Crippen LogP contribution in [0.4, 0.5) is 13.2 Å². The van der Waals surface area contributed by atoms with Gasteiger partial charge in [-0.2, -0.15) is 13.2 Å². The molecule has 0 fully saturated rings. The topological polar surface area (TPSA) is 56.5 Å². The minimum atomic E-state index is -4.15. The molecule has 0 aliphatic rings. The molecule has 1 rings (SSSR count). The summed E-state index contributed by atoms with van der Waals surface area (Å²) in [5, 5.41) is 0. The fourth-order valence-electron chi connectivity index (χ4n) is 1.94. The van der Waals surface area contributed by atoms with Gasteiger partial charge in [-0.25, -0.2) is 0 Å². The molecule has 0 amide bonds. The number of benzene rings is 1. The summed E-state index contributed by atoms with van der Waals surface area (Å²) in [6.07, 6.45) is -4.72. The van der Waals surface area contributed by atoms with E-state index in [1.54, 1.807) is 18.2 Å². The summed E-state index contributed by atoms with van der Waals surface area (Å²) in [5.41, 5.74) is 3.24. The Kier molecular flexibility index (Phi) is 6.09. The summed E-state index contributed by atoms with van der Waals surface area (Å²) >= 11 is 0. The van der Waals surface area contributed by atoms with Gasteiger partial charge in [-0.1, -0.05) is 6.07 Å². The first-order valence-electron chi connectivity index (χ1n) is 6.16. The first-order valence-corrected chi connectivity index (χ1v) is 6.16. The number of hydrogen-bond donors (Lipinski definition) is 2. The lowest BCUT2D eigenvalue weighted by Gasteiger charge is -2.20. The van der Waals surface area contributed by atoms with Crippen molar-refractivity contribution in [3.63, 3.8) is 0 Å². The summed E-state index contributed by atoms with van der Waals surface area (Å²) < 4.78 is 46.8. The van der Waals surface area contributed by atoms with Gasteiger partial charge in [0.2, 0.25) is 0 Å². The summed E-state index contributed by atoms with van der Waals surface area (Å²) in [4.78, 5) is 0. The molecule has 0 aromatic heterocycles. The number of methoxy groups -OCH3 is 2. The third-order valence-electron chi connectivity index (χ3n) is 2.97. The molecular formula is C13H19F3N2O2. The minimum Gasteiger partial charge on any atom is -0.497 e. The molecule has 114 valence electrons. The van der Waals surface area contributed by atoms with Crippen LogP contribution < -0.4 is 20.7 Å². The van der Waals surface area contributed by atoms with Crippen molar-refractivity contribution >= 4 is 0 Å². The largest absolute Gasteiger partial charge is 0.497 e. The number of hydrazine groups is 1. The van der Waals surface area contributed by atoms with E-state index in [1.165, 1.54) is 14.2 Å². The van der Waals surface area contributed by atoms with E-state index < -0.39 is 18.6 Å². The minimum absolute atomic E-state index is 0.00640. The highest BCUT2D eigenvalue weighted by atomic mass is 19.4. The van der Waals surface area contributed by atoms with Crippen molar-refractivity contribution in [2.45, 2.75) is 31.5 Å². The third kappa shape index (κ3) is 4.90. The SMILES string of the molecule is COc1ccc(C(CCCC(F)(F)F)NN)c(OC)c1. The number of nitrogens with one attached hydrogen (secondary N) is 1. The number of alkyl halides is 3. The summed E-state index contributed by atoms with van der Waals surface area (Å²) in [5.74, 6) is 6.57. The predicted octanol–water partition coefficient (Wildman–Crippen LogP) is 2.94. The highest BCUT2D eigenvalue weighted by molar-refractivity contribution is 5.42. The lowest BCUT2D eigenvalue weighted by molar-refractivity contribution is -0.135. The zero-order valence-electron chi connectivity index (χ0n) is 11.5. The van der Waals surface area contributed by atoms with E-state index in [0.717, 1.165) is 0 Å². The molecule has 1 aromatic carbocycles. The van der Waals surface area contributed by atoms with E-state index >= 15 is 0 Å². The Bertz CT molecular complexity index is 425.